The molecule has 2 amide bonds. The number of aromatic amines is 2. The summed E-state index contributed by atoms with van der Waals surface area (Å²) in [4.78, 5) is 80.4. The van der Waals surface area contributed by atoms with E-state index in [-0.39, 0.29) is 43.1 Å². The fourth-order valence-corrected chi connectivity index (χ4v) is 12.8. The normalized spacial score (nSPS) is 20.1. The van der Waals surface area contributed by atoms with Gasteiger partial charge in [0.15, 0.2) is 0 Å². The largest absolute Gasteiger partial charge is 0.365 e. The first kappa shape index (κ1) is 50.4. The van der Waals surface area contributed by atoms with Crippen molar-refractivity contribution in [3.05, 3.63) is 116 Å². The van der Waals surface area contributed by atoms with Crippen molar-refractivity contribution < 1.29 is 18.4 Å². The summed E-state index contributed by atoms with van der Waals surface area (Å²) in [5, 5.41) is 16.9. The van der Waals surface area contributed by atoms with Gasteiger partial charge in [0.1, 0.15) is 11.6 Å². The zero-order valence-corrected chi connectivity index (χ0v) is 43.9. The van der Waals surface area contributed by atoms with Crippen LogP contribution in [0, 0.1) is 19.8 Å². The minimum atomic E-state index is -2.70. The third-order valence-electron chi connectivity index (χ3n) is 16.9. The Morgan fingerprint density at radius 1 is 0.649 bits per heavy atom. The number of amides is 2. The summed E-state index contributed by atoms with van der Waals surface area (Å²) in [6.45, 7) is 17.2. The van der Waals surface area contributed by atoms with Gasteiger partial charge in [0.2, 0.25) is 11.8 Å². The van der Waals surface area contributed by atoms with E-state index in [0.717, 1.165) is 98.7 Å². The maximum Gasteiger partial charge on any atom is 0.349 e. The summed E-state index contributed by atoms with van der Waals surface area (Å²) in [5.74, 6) is -1.29. The molecule has 404 valence electrons. The van der Waals surface area contributed by atoms with E-state index in [9.17, 15) is 28.0 Å². The van der Waals surface area contributed by atoms with Crippen LogP contribution in [0.3, 0.4) is 0 Å². The standard InChI is InChI=1S/C55H66F2N16O4/c1-4-47(74)66-19-23-68(24-20-66)51-39-12-15-70(49-36(2)5-8-43-41(49)29-58-62-43)32-45(39)72(53(76)60-51)27-17-64-14-11-38(31-64)7-10-48(75)67-21-25-69(26-22-67)52-40-13-16-71(50-37(3)6-9-44-42(50)30-59-63-44)33-46(40)73(54(77)61-52)28-18-65-34-55(56,57)35-65/h4-10,29-30,38H,1,11-28,31-35H2,2-3H3,(H,58,62)(H,59,63)/b10-7+. The number of hydrogen-bond donors (Lipinski definition) is 2. The third-order valence-corrected chi connectivity index (χ3v) is 16.9. The van der Waals surface area contributed by atoms with Gasteiger partial charge in [0.05, 0.1) is 61.0 Å². The second-order valence-corrected chi connectivity index (χ2v) is 21.7. The van der Waals surface area contributed by atoms with Gasteiger partial charge in [-0.1, -0.05) is 24.8 Å². The quantitative estimate of drug-likeness (QED) is 0.161. The van der Waals surface area contributed by atoms with Crippen LogP contribution < -0.4 is 31.0 Å². The number of aromatic nitrogens is 8. The van der Waals surface area contributed by atoms with E-state index < -0.39 is 11.6 Å². The lowest BCUT2D eigenvalue weighted by Gasteiger charge is -2.40. The Morgan fingerprint density at radius 2 is 1.14 bits per heavy atom. The Hall–Kier alpha value is -7.46. The van der Waals surface area contributed by atoms with Crippen molar-refractivity contribution in [2.24, 2.45) is 5.92 Å². The van der Waals surface area contributed by atoms with Crippen molar-refractivity contribution in [3.8, 4) is 0 Å². The van der Waals surface area contributed by atoms with Crippen molar-refractivity contribution in [2.45, 2.75) is 65.2 Å². The van der Waals surface area contributed by atoms with Gasteiger partial charge >= 0.3 is 11.4 Å². The van der Waals surface area contributed by atoms with Crippen molar-refractivity contribution >= 4 is 56.6 Å². The summed E-state index contributed by atoms with van der Waals surface area (Å²) in [7, 11) is 0. The number of benzene rings is 2. The van der Waals surface area contributed by atoms with Crippen LogP contribution in [0.15, 0.2) is 71.1 Å². The number of carbonyl (C=O) groups is 2. The molecule has 6 aromatic rings. The number of H-pyrrole nitrogens is 2. The summed E-state index contributed by atoms with van der Waals surface area (Å²) in [5.41, 5.74) is 9.49. The van der Waals surface area contributed by atoms with Crippen LogP contribution in [-0.4, -0.2) is 182 Å². The maximum atomic E-state index is 14.2. The smallest absolute Gasteiger partial charge is 0.349 e. The number of aryl methyl sites for hydroxylation is 2. The highest BCUT2D eigenvalue weighted by Crippen LogP contribution is 2.38. The number of piperazine rings is 2. The van der Waals surface area contributed by atoms with Gasteiger partial charge in [-0.15, -0.1) is 0 Å². The van der Waals surface area contributed by atoms with Crippen LogP contribution in [0.4, 0.5) is 31.8 Å². The molecule has 4 saturated heterocycles. The Kier molecular flexibility index (Phi) is 13.4. The number of alkyl halides is 2. The monoisotopic (exact) mass is 1050 g/mol. The zero-order valence-electron chi connectivity index (χ0n) is 43.9. The molecule has 20 nitrogen and oxygen atoms in total. The molecule has 0 radical (unpaired) electrons. The number of carbonyl (C=O) groups excluding carboxylic acids is 2. The van der Waals surface area contributed by atoms with Gasteiger partial charge in [-0.25, -0.2) is 18.4 Å². The summed E-state index contributed by atoms with van der Waals surface area (Å²) < 4.78 is 31.1. The topological polar surface area (TPSA) is 187 Å². The molecule has 2 N–H and O–H groups in total. The van der Waals surface area contributed by atoms with Crippen LogP contribution in [0.1, 0.15) is 40.1 Å². The lowest BCUT2D eigenvalue weighted by molar-refractivity contribution is -0.131. The molecule has 1 unspecified atom stereocenters. The van der Waals surface area contributed by atoms with Gasteiger partial charge in [-0.3, -0.25) is 33.8 Å². The highest BCUT2D eigenvalue weighted by molar-refractivity contribution is 5.94. The number of nitrogens with one attached hydrogen (secondary N) is 2. The molecule has 2 aromatic carbocycles. The molecule has 4 aromatic heterocycles. The van der Waals surface area contributed by atoms with Crippen molar-refractivity contribution in [3.63, 3.8) is 0 Å². The highest BCUT2D eigenvalue weighted by atomic mass is 19.3. The molecule has 77 heavy (non-hydrogen) atoms. The first-order chi connectivity index (χ1) is 37.3. The molecule has 10 heterocycles. The molecule has 6 aliphatic heterocycles. The lowest BCUT2D eigenvalue weighted by Crippen LogP contribution is -2.57. The Balaban J connectivity index is 0.701. The second kappa shape index (κ2) is 20.5. The fourth-order valence-electron chi connectivity index (χ4n) is 12.8. The molecule has 0 spiro atoms. The Labute approximate surface area is 444 Å². The number of nitrogens with zero attached hydrogens (tertiary/aromatic N) is 14. The van der Waals surface area contributed by atoms with Gasteiger partial charge < -0.3 is 34.3 Å². The van der Waals surface area contributed by atoms with E-state index >= 15 is 0 Å². The fraction of sp³-hybridized carbons (Fsp3) is 0.491. The number of fused-ring (bicyclic) bond motifs is 4. The van der Waals surface area contributed by atoms with Crippen LogP contribution in [0.25, 0.3) is 21.8 Å². The van der Waals surface area contributed by atoms with E-state index in [1.165, 1.54) is 6.08 Å². The highest BCUT2D eigenvalue weighted by Gasteiger charge is 2.43. The maximum absolute atomic E-state index is 14.2. The molecular weight excluding hydrogens is 987 g/mol. The molecule has 4 fully saturated rings. The Morgan fingerprint density at radius 3 is 1.64 bits per heavy atom. The van der Waals surface area contributed by atoms with Crippen LogP contribution >= 0.6 is 0 Å². The summed E-state index contributed by atoms with van der Waals surface area (Å²) >= 11 is 0. The molecule has 0 bridgehead atoms. The first-order valence-electron chi connectivity index (χ1n) is 27.1. The minimum absolute atomic E-state index is 0.0477. The van der Waals surface area contributed by atoms with Crippen LogP contribution in [0.2, 0.25) is 0 Å². The van der Waals surface area contributed by atoms with E-state index in [4.69, 9.17) is 4.98 Å². The van der Waals surface area contributed by atoms with Gasteiger partial charge in [0.25, 0.3) is 5.92 Å². The summed E-state index contributed by atoms with van der Waals surface area (Å²) in [6.07, 6.45) is 11.0. The molecular formula is C55H66F2N16O4. The number of likely N-dealkylation sites (tertiary alicyclic amines) is 2. The Bertz CT molecular complexity index is 3410. The van der Waals surface area contributed by atoms with Gasteiger partial charge in [0, 0.05) is 131 Å². The molecule has 6 aliphatic rings. The zero-order chi connectivity index (χ0) is 53.1. The minimum Gasteiger partial charge on any atom is -0.365 e. The molecule has 22 heteroatoms. The van der Waals surface area contributed by atoms with Crippen molar-refractivity contribution in [1.29, 1.82) is 0 Å². The SMILES string of the molecule is C=CC(=O)N1CCN(c2nc(=O)n(CCN3CCC(/C=C/C(=O)N4CCN(c5nc(=O)n(CCN6CC(F)(F)C6)c6c5CCN(c5c(C)ccc7[nH]ncc57)C6)CC4)C3)c3c2CCN(c2c(C)ccc4[nH]ncc24)C3)CC1. The second-order valence-electron chi connectivity index (χ2n) is 21.7. The average molecular weight is 1050 g/mol. The van der Waals surface area contributed by atoms with Crippen molar-refractivity contribution in [2.75, 3.05) is 124 Å². The number of hydrogen-bond acceptors (Lipinski definition) is 14. The molecule has 1 atom stereocenters. The van der Waals surface area contributed by atoms with E-state index in [1.54, 1.807) is 20.4 Å². The van der Waals surface area contributed by atoms with E-state index in [0.29, 0.717) is 110 Å². The van der Waals surface area contributed by atoms with Crippen LogP contribution in [0.5, 0.6) is 0 Å². The van der Waals surface area contributed by atoms with Crippen LogP contribution in [-0.2, 0) is 48.6 Å². The number of rotatable bonds is 13. The molecule has 12 rings (SSSR count). The average Bonchev–Trinajstić information content (AvgIpc) is 4.27. The third kappa shape index (κ3) is 9.74. The van der Waals surface area contributed by atoms with Crippen molar-refractivity contribution in [1.82, 2.24) is 59.1 Å². The van der Waals surface area contributed by atoms with E-state index in [1.807, 2.05) is 40.1 Å². The summed E-state index contributed by atoms with van der Waals surface area (Å²) in [6, 6.07) is 8.24. The first-order valence-corrected chi connectivity index (χ1v) is 27.1. The predicted molar refractivity (Wildman–Crippen MR) is 291 cm³/mol. The van der Waals surface area contributed by atoms with E-state index in [2.05, 4.69) is 82.4 Å². The molecule has 0 saturated carbocycles. The molecule has 0 aliphatic carbocycles. The lowest BCUT2D eigenvalue weighted by atomic mass is 10.0. The number of halogens is 2. The number of anilines is 4. The van der Waals surface area contributed by atoms with Gasteiger partial charge in [-0.2, -0.15) is 20.2 Å². The van der Waals surface area contributed by atoms with Gasteiger partial charge in [-0.05, 0) is 81.0 Å². The predicted octanol–water partition coefficient (Wildman–Crippen LogP) is 3.31.